The molecule has 1 atom stereocenters. The number of hydrogen-bond donors (Lipinski definition) is 1. The zero-order chi connectivity index (χ0) is 13.6. The molecular weight excluding hydrogens is 244 g/mol. The van der Waals surface area contributed by atoms with Crippen LogP contribution in [0.3, 0.4) is 0 Å². The summed E-state index contributed by atoms with van der Waals surface area (Å²) in [5.41, 5.74) is 7.97. The molecule has 7 nitrogen and oxygen atoms in total. The van der Waals surface area contributed by atoms with E-state index in [1.54, 1.807) is 10.9 Å². The van der Waals surface area contributed by atoms with Gasteiger partial charge in [-0.1, -0.05) is 5.11 Å². The van der Waals surface area contributed by atoms with Crippen LogP contribution in [0.15, 0.2) is 48.1 Å². The van der Waals surface area contributed by atoms with Gasteiger partial charge in [-0.25, -0.2) is 0 Å². The molecule has 0 aliphatic carbocycles. The number of aliphatic hydroxyl groups excluding tert-OH is 1. The van der Waals surface area contributed by atoms with Gasteiger partial charge >= 0.3 is 0 Å². The van der Waals surface area contributed by atoms with Gasteiger partial charge in [-0.2, -0.15) is 5.10 Å². The molecule has 0 bridgehead atoms. The summed E-state index contributed by atoms with van der Waals surface area (Å²) in [4.78, 5) is 2.80. The van der Waals surface area contributed by atoms with Crippen LogP contribution in [0, 0.1) is 5.41 Å². The second-order valence-electron chi connectivity index (χ2n) is 4.61. The van der Waals surface area contributed by atoms with Gasteiger partial charge in [0.05, 0.1) is 13.2 Å². The number of hydrogen-bond acceptors (Lipinski definition) is 3. The van der Waals surface area contributed by atoms with Crippen LogP contribution in [0.5, 0.6) is 0 Å². The Balaban J connectivity index is 2.21. The topological polar surface area (TPSA) is 91.7 Å². The molecule has 0 aromatic carbocycles. The predicted molar refractivity (Wildman–Crippen MR) is 70.2 cm³/mol. The molecule has 0 aliphatic heterocycles. The van der Waals surface area contributed by atoms with E-state index in [4.69, 9.17) is 5.53 Å². The molecule has 2 aromatic heterocycles. The lowest BCUT2D eigenvalue weighted by molar-refractivity contribution is 0.0898. The van der Waals surface area contributed by atoms with Crippen LogP contribution in [0.25, 0.3) is 10.4 Å². The van der Waals surface area contributed by atoms with Gasteiger partial charge in [-0.15, -0.1) is 0 Å². The highest BCUT2D eigenvalue weighted by atomic mass is 16.3. The van der Waals surface area contributed by atoms with Crippen molar-refractivity contribution in [1.82, 2.24) is 14.3 Å². The molecule has 2 heterocycles. The molecule has 0 amide bonds. The lowest BCUT2D eigenvalue weighted by atomic mass is 9.89. The molecule has 100 valence electrons. The standard InChI is InChI=1S/C12H16N6O/c13-16-14-8-12(11-19,9-17-5-1-2-6-17)10-18-7-3-4-15-18/h1-7,19H,8-11H2. The molecule has 0 saturated carbocycles. The second kappa shape index (κ2) is 6.08. The van der Waals surface area contributed by atoms with E-state index < -0.39 is 5.41 Å². The van der Waals surface area contributed by atoms with Crippen LogP contribution < -0.4 is 0 Å². The largest absolute Gasteiger partial charge is 0.396 e. The maximum absolute atomic E-state index is 9.76. The van der Waals surface area contributed by atoms with Crippen molar-refractivity contribution < 1.29 is 5.11 Å². The molecule has 0 spiro atoms. The summed E-state index contributed by atoms with van der Waals surface area (Å²) in [5.74, 6) is 0. The van der Waals surface area contributed by atoms with E-state index in [9.17, 15) is 5.11 Å². The zero-order valence-corrected chi connectivity index (χ0v) is 10.5. The summed E-state index contributed by atoms with van der Waals surface area (Å²) in [6.45, 7) is 1.20. The summed E-state index contributed by atoms with van der Waals surface area (Å²) in [5, 5.41) is 17.6. The Morgan fingerprint density at radius 1 is 1.21 bits per heavy atom. The summed E-state index contributed by atoms with van der Waals surface area (Å²) in [6, 6.07) is 5.67. The van der Waals surface area contributed by atoms with Gasteiger partial charge in [0.15, 0.2) is 0 Å². The van der Waals surface area contributed by atoms with Crippen molar-refractivity contribution in [2.75, 3.05) is 13.2 Å². The molecular formula is C12H16N6O. The average Bonchev–Trinajstić information content (AvgIpc) is 3.09. The maximum atomic E-state index is 9.76. The molecule has 1 unspecified atom stereocenters. The van der Waals surface area contributed by atoms with Gasteiger partial charge in [-0.3, -0.25) is 4.68 Å². The van der Waals surface area contributed by atoms with Gasteiger partial charge in [0.25, 0.3) is 0 Å². The molecule has 0 saturated heterocycles. The molecule has 7 heteroatoms. The van der Waals surface area contributed by atoms with Crippen LogP contribution in [0.1, 0.15) is 0 Å². The Labute approximate surface area is 110 Å². The lowest BCUT2D eigenvalue weighted by Crippen LogP contribution is -2.38. The quantitative estimate of drug-likeness (QED) is 0.466. The zero-order valence-electron chi connectivity index (χ0n) is 10.5. The van der Waals surface area contributed by atoms with Crippen LogP contribution >= 0.6 is 0 Å². The predicted octanol–water partition coefficient (Wildman–Crippen LogP) is 1.67. The first-order valence-electron chi connectivity index (χ1n) is 5.98. The fourth-order valence-corrected chi connectivity index (χ4v) is 2.08. The van der Waals surface area contributed by atoms with Crippen LogP contribution in [0.2, 0.25) is 0 Å². The number of nitrogens with zero attached hydrogens (tertiary/aromatic N) is 6. The minimum absolute atomic E-state index is 0.0793. The molecule has 2 rings (SSSR count). The number of azide groups is 1. The third-order valence-corrected chi connectivity index (χ3v) is 3.05. The first kappa shape index (κ1) is 13.2. The lowest BCUT2D eigenvalue weighted by Gasteiger charge is -2.30. The van der Waals surface area contributed by atoms with Gasteiger partial charge < -0.3 is 9.67 Å². The summed E-state index contributed by atoms with van der Waals surface area (Å²) in [6.07, 6.45) is 7.36. The molecule has 0 fully saturated rings. The number of aliphatic hydroxyl groups is 1. The van der Waals surface area contributed by atoms with Gasteiger partial charge in [0, 0.05) is 48.2 Å². The van der Waals surface area contributed by atoms with E-state index in [1.165, 1.54) is 0 Å². The van der Waals surface area contributed by atoms with E-state index >= 15 is 0 Å². The highest BCUT2D eigenvalue weighted by molar-refractivity contribution is 4.94. The van der Waals surface area contributed by atoms with E-state index in [-0.39, 0.29) is 13.2 Å². The minimum atomic E-state index is -0.558. The van der Waals surface area contributed by atoms with Gasteiger partial charge in [0.1, 0.15) is 0 Å². The van der Waals surface area contributed by atoms with Crippen LogP contribution in [0.4, 0.5) is 0 Å². The minimum Gasteiger partial charge on any atom is -0.396 e. The Bertz CT molecular complexity index is 490. The summed E-state index contributed by atoms with van der Waals surface area (Å²) < 4.78 is 3.71. The number of rotatable bonds is 7. The van der Waals surface area contributed by atoms with E-state index in [1.807, 2.05) is 41.4 Å². The average molecular weight is 260 g/mol. The van der Waals surface area contributed by atoms with Crippen molar-refractivity contribution in [2.24, 2.45) is 10.5 Å². The third kappa shape index (κ3) is 3.37. The van der Waals surface area contributed by atoms with E-state index in [0.29, 0.717) is 13.1 Å². The van der Waals surface area contributed by atoms with Gasteiger partial charge in [0.2, 0.25) is 0 Å². The first-order chi connectivity index (χ1) is 9.28. The maximum Gasteiger partial charge on any atom is 0.0523 e. The fourth-order valence-electron chi connectivity index (χ4n) is 2.08. The Hall–Kier alpha value is -2.24. The van der Waals surface area contributed by atoms with Gasteiger partial charge in [-0.05, 0) is 23.7 Å². The van der Waals surface area contributed by atoms with Crippen molar-refractivity contribution in [3.63, 3.8) is 0 Å². The Kier molecular flexibility index (Phi) is 4.22. The van der Waals surface area contributed by atoms with Crippen molar-refractivity contribution in [3.05, 3.63) is 53.4 Å². The normalized spacial score (nSPS) is 13.7. The monoisotopic (exact) mass is 260 g/mol. The van der Waals surface area contributed by atoms with E-state index in [0.717, 1.165) is 0 Å². The van der Waals surface area contributed by atoms with Crippen molar-refractivity contribution in [3.8, 4) is 0 Å². The van der Waals surface area contributed by atoms with Crippen molar-refractivity contribution in [1.29, 1.82) is 0 Å². The van der Waals surface area contributed by atoms with E-state index in [2.05, 4.69) is 15.1 Å². The second-order valence-corrected chi connectivity index (χ2v) is 4.61. The van der Waals surface area contributed by atoms with Crippen LogP contribution in [-0.2, 0) is 13.1 Å². The molecule has 1 N–H and O–H groups in total. The third-order valence-electron chi connectivity index (χ3n) is 3.05. The molecule has 0 radical (unpaired) electrons. The van der Waals surface area contributed by atoms with Crippen LogP contribution in [-0.4, -0.2) is 32.6 Å². The van der Waals surface area contributed by atoms with Crippen molar-refractivity contribution >= 4 is 0 Å². The molecule has 0 aliphatic rings. The highest BCUT2D eigenvalue weighted by Gasteiger charge is 2.30. The first-order valence-corrected chi connectivity index (χ1v) is 5.98. The SMILES string of the molecule is [N-]=[N+]=NCC(CO)(Cn1cccc1)Cn1cccn1. The Morgan fingerprint density at radius 3 is 2.58 bits per heavy atom. The summed E-state index contributed by atoms with van der Waals surface area (Å²) in [7, 11) is 0. The Morgan fingerprint density at radius 2 is 2.00 bits per heavy atom. The highest BCUT2D eigenvalue weighted by Crippen LogP contribution is 2.23. The number of aromatic nitrogens is 3. The fraction of sp³-hybridized carbons (Fsp3) is 0.417. The molecule has 19 heavy (non-hydrogen) atoms. The summed E-state index contributed by atoms with van der Waals surface area (Å²) >= 11 is 0. The molecule has 2 aromatic rings. The van der Waals surface area contributed by atoms with Crippen molar-refractivity contribution in [2.45, 2.75) is 13.1 Å². The smallest absolute Gasteiger partial charge is 0.0523 e.